The van der Waals surface area contributed by atoms with Crippen molar-refractivity contribution in [2.45, 2.75) is 38.6 Å². The lowest BCUT2D eigenvalue weighted by Crippen LogP contribution is -2.44. The first kappa shape index (κ1) is 16.9. The summed E-state index contributed by atoms with van der Waals surface area (Å²) in [6.45, 7) is 2.18. The van der Waals surface area contributed by atoms with Crippen LogP contribution in [0.1, 0.15) is 41.6 Å². The first-order valence-electron chi connectivity index (χ1n) is 7.53. The molecule has 6 heteroatoms. The molecule has 4 nitrogen and oxygen atoms in total. The van der Waals surface area contributed by atoms with Gasteiger partial charge in [0, 0.05) is 18.8 Å². The Hall–Kier alpha value is -1.43. The normalized spacial score (nSPS) is 19.2. The van der Waals surface area contributed by atoms with Crippen molar-refractivity contribution in [2.75, 3.05) is 18.6 Å². The van der Waals surface area contributed by atoms with Gasteiger partial charge in [-0.15, -0.1) is 0 Å². The number of carbonyl (C=O) groups excluding carboxylic acids is 1. The lowest BCUT2D eigenvalue weighted by molar-refractivity contribution is 0.0604. The van der Waals surface area contributed by atoms with E-state index in [1.165, 1.54) is 12.3 Å². The molecule has 1 aliphatic rings. The van der Waals surface area contributed by atoms with Gasteiger partial charge in [-0.2, -0.15) is 0 Å². The summed E-state index contributed by atoms with van der Waals surface area (Å²) in [6.07, 6.45) is 4.22. The van der Waals surface area contributed by atoms with E-state index in [1.54, 1.807) is 24.0 Å². The highest BCUT2D eigenvalue weighted by Crippen LogP contribution is 2.24. The molecular weight excluding hydrogens is 305 g/mol. The van der Waals surface area contributed by atoms with Gasteiger partial charge in [0.2, 0.25) is 0 Å². The van der Waals surface area contributed by atoms with Crippen LogP contribution < -0.4 is 0 Å². The number of halogens is 1. The molecule has 0 aliphatic carbocycles. The van der Waals surface area contributed by atoms with Gasteiger partial charge in [-0.05, 0) is 44.2 Å². The zero-order valence-corrected chi connectivity index (χ0v) is 13.8. The average molecular weight is 327 g/mol. The second kappa shape index (κ2) is 6.77. The van der Waals surface area contributed by atoms with Crippen molar-refractivity contribution in [2.24, 2.45) is 0 Å². The summed E-state index contributed by atoms with van der Waals surface area (Å²) in [5.41, 5.74) is 0.516. The number of carbonyl (C=O) groups is 1. The van der Waals surface area contributed by atoms with Crippen molar-refractivity contribution in [1.82, 2.24) is 4.90 Å². The lowest BCUT2D eigenvalue weighted by Gasteiger charge is -2.36. The fourth-order valence-electron chi connectivity index (χ4n) is 2.89. The van der Waals surface area contributed by atoms with Crippen LogP contribution in [-0.2, 0) is 9.84 Å². The van der Waals surface area contributed by atoms with E-state index in [9.17, 15) is 17.6 Å². The van der Waals surface area contributed by atoms with Crippen molar-refractivity contribution in [3.8, 4) is 0 Å². The summed E-state index contributed by atoms with van der Waals surface area (Å²) in [5.74, 6) is -0.767. The standard InChI is InChI=1S/C16H22FNO3S/c1-12-6-5-8-14(15(12)17)16(19)18-10-4-3-7-13(18)9-11-22(2,20)21/h5-6,8,13H,3-4,7,9-11H2,1-2H3. The molecule has 122 valence electrons. The Morgan fingerprint density at radius 2 is 2.09 bits per heavy atom. The Morgan fingerprint density at radius 3 is 2.77 bits per heavy atom. The smallest absolute Gasteiger partial charge is 0.257 e. The number of amides is 1. The maximum absolute atomic E-state index is 14.2. The molecule has 0 N–H and O–H groups in total. The SMILES string of the molecule is Cc1cccc(C(=O)N2CCCCC2CCS(C)(=O)=O)c1F. The Morgan fingerprint density at radius 1 is 1.36 bits per heavy atom. The van der Waals surface area contributed by atoms with E-state index in [0.717, 1.165) is 19.3 Å². The first-order chi connectivity index (χ1) is 10.3. The van der Waals surface area contributed by atoms with Crippen molar-refractivity contribution in [3.63, 3.8) is 0 Å². The number of rotatable bonds is 4. The maximum atomic E-state index is 14.2. The highest BCUT2D eigenvalue weighted by Gasteiger charge is 2.29. The van der Waals surface area contributed by atoms with Crippen molar-refractivity contribution in [1.29, 1.82) is 0 Å². The fraction of sp³-hybridized carbons (Fsp3) is 0.562. The van der Waals surface area contributed by atoms with Gasteiger partial charge in [0.15, 0.2) is 0 Å². The number of aryl methyl sites for hydroxylation is 1. The topological polar surface area (TPSA) is 54.5 Å². The number of hydrogen-bond acceptors (Lipinski definition) is 3. The molecule has 0 spiro atoms. The summed E-state index contributed by atoms with van der Waals surface area (Å²) < 4.78 is 36.9. The van der Waals surface area contributed by atoms with E-state index in [-0.39, 0.29) is 23.3 Å². The fourth-order valence-corrected chi connectivity index (χ4v) is 3.59. The van der Waals surface area contributed by atoms with E-state index in [4.69, 9.17) is 0 Å². The van der Waals surface area contributed by atoms with Gasteiger partial charge < -0.3 is 4.90 Å². The van der Waals surface area contributed by atoms with Crippen LogP contribution in [0, 0.1) is 12.7 Å². The molecule has 1 aromatic rings. The van der Waals surface area contributed by atoms with Gasteiger partial charge in [0.25, 0.3) is 5.91 Å². The molecule has 0 aromatic heterocycles. The van der Waals surface area contributed by atoms with Gasteiger partial charge >= 0.3 is 0 Å². The minimum absolute atomic E-state index is 0.0533. The van der Waals surface area contributed by atoms with Gasteiger partial charge in [0.05, 0.1) is 11.3 Å². The third-order valence-electron chi connectivity index (χ3n) is 4.13. The van der Waals surface area contributed by atoms with E-state index in [2.05, 4.69) is 0 Å². The Labute approximate surface area is 131 Å². The molecule has 1 heterocycles. The molecule has 0 radical (unpaired) electrons. The Bertz CT molecular complexity index is 657. The van der Waals surface area contributed by atoms with E-state index >= 15 is 0 Å². The number of hydrogen-bond donors (Lipinski definition) is 0. The zero-order chi connectivity index (χ0) is 16.3. The zero-order valence-electron chi connectivity index (χ0n) is 13.0. The lowest BCUT2D eigenvalue weighted by atomic mass is 9.98. The first-order valence-corrected chi connectivity index (χ1v) is 9.59. The highest BCUT2D eigenvalue weighted by atomic mass is 32.2. The van der Waals surface area contributed by atoms with E-state index < -0.39 is 15.7 Å². The molecule has 1 atom stereocenters. The van der Waals surface area contributed by atoms with Crippen molar-refractivity contribution >= 4 is 15.7 Å². The summed E-state index contributed by atoms with van der Waals surface area (Å²) in [5, 5.41) is 0. The van der Waals surface area contributed by atoms with Gasteiger partial charge in [0.1, 0.15) is 15.7 Å². The van der Waals surface area contributed by atoms with Crippen LogP contribution in [0.25, 0.3) is 0 Å². The van der Waals surface area contributed by atoms with Crippen LogP contribution in [0.5, 0.6) is 0 Å². The summed E-state index contributed by atoms with van der Waals surface area (Å²) >= 11 is 0. The van der Waals surface area contributed by atoms with Crippen LogP contribution in [0.2, 0.25) is 0 Å². The molecule has 22 heavy (non-hydrogen) atoms. The molecule has 0 bridgehead atoms. The van der Waals surface area contributed by atoms with Gasteiger partial charge in [-0.1, -0.05) is 12.1 Å². The third-order valence-corrected chi connectivity index (χ3v) is 5.11. The maximum Gasteiger partial charge on any atom is 0.257 e. The number of piperidine rings is 1. The van der Waals surface area contributed by atoms with Crippen LogP contribution in [0.4, 0.5) is 4.39 Å². The van der Waals surface area contributed by atoms with E-state index in [1.807, 2.05) is 0 Å². The number of likely N-dealkylation sites (tertiary alicyclic amines) is 1. The van der Waals surface area contributed by atoms with Crippen LogP contribution in [-0.4, -0.2) is 43.8 Å². The molecule has 1 amide bonds. The van der Waals surface area contributed by atoms with Crippen molar-refractivity contribution < 1.29 is 17.6 Å². The average Bonchev–Trinajstić information content (AvgIpc) is 2.47. The largest absolute Gasteiger partial charge is 0.336 e. The quantitative estimate of drug-likeness (QED) is 0.854. The second-order valence-corrected chi connectivity index (χ2v) is 8.26. The summed E-state index contributed by atoms with van der Waals surface area (Å²) in [6, 6.07) is 4.66. The minimum Gasteiger partial charge on any atom is -0.336 e. The molecule has 1 unspecified atom stereocenters. The minimum atomic E-state index is -3.06. The summed E-state index contributed by atoms with van der Waals surface area (Å²) in [7, 11) is -3.06. The molecule has 1 aliphatic heterocycles. The van der Waals surface area contributed by atoms with Crippen LogP contribution in [0.3, 0.4) is 0 Å². The molecule has 1 fully saturated rings. The molecular formula is C16H22FNO3S. The molecule has 0 saturated carbocycles. The van der Waals surface area contributed by atoms with Crippen molar-refractivity contribution in [3.05, 3.63) is 35.1 Å². The number of nitrogens with zero attached hydrogens (tertiary/aromatic N) is 1. The second-order valence-electron chi connectivity index (χ2n) is 6.00. The predicted molar refractivity (Wildman–Crippen MR) is 84.1 cm³/mol. The van der Waals surface area contributed by atoms with Gasteiger partial charge in [-0.3, -0.25) is 4.79 Å². The highest BCUT2D eigenvalue weighted by molar-refractivity contribution is 7.90. The molecule has 1 saturated heterocycles. The third kappa shape index (κ3) is 4.06. The number of benzene rings is 1. The van der Waals surface area contributed by atoms with Crippen LogP contribution >= 0.6 is 0 Å². The Balaban J connectivity index is 2.19. The van der Waals surface area contributed by atoms with E-state index in [0.29, 0.717) is 18.5 Å². The Kier molecular flexibility index (Phi) is 5.21. The molecule has 2 rings (SSSR count). The van der Waals surface area contributed by atoms with Gasteiger partial charge in [-0.25, -0.2) is 12.8 Å². The van der Waals surface area contributed by atoms with Crippen LogP contribution in [0.15, 0.2) is 18.2 Å². The summed E-state index contributed by atoms with van der Waals surface area (Å²) in [4.78, 5) is 14.3. The number of sulfone groups is 1. The monoisotopic (exact) mass is 327 g/mol. The molecule has 1 aromatic carbocycles. The predicted octanol–water partition coefficient (Wildman–Crippen LogP) is 2.56.